The van der Waals surface area contributed by atoms with E-state index in [-0.39, 0.29) is 18.9 Å². The summed E-state index contributed by atoms with van der Waals surface area (Å²) in [7, 11) is 0. The SMILES string of the molecule is OCc1ccc(/C(=N/OCCF)c2ccc(F)c(F)c2)cc1. The van der Waals surface area contributed by atoms with Crippen molar-refractivity contribution in [2.75, 3.05) is 13.3 Å². The summed E-state index contributed by atoms with van der Waals surface area (Å²) < 4.78 is 38.6. The van der Waals surface area contributed by atoms with Crippen LogP contribution in [-0.2, 0) is 11.4 Å². The number of aliphatic hydroxyl groups is 1. The van der Waals surface area contributed by atoms with Crippen LogP contribution in [0.4, 0.5) is 13.2 Å². The molecule has 0 saturated heterocycles. The summed E-state index contributed by atoms with van der Waals surface area (Å²) in [5, 5.41) is 12.8. The van der Waals surface area contributed by atoms with Gasteiger partial charge in [-0.1, -0.05) is 29.4 Å². The molecule has 0 saturated carbocycles. The van der Waals surface area contributed by atoms with E-state index < -0.39 is 18.3 Å². The first kappa shape index (κ1) is 16.0. The first-order valence-corrected chi connectivity index (χ1v) is 6.57. The van der Waals surface area contributed by atoms with E-state index in [1.807, 2.05) is 0 Å². The third-order valence-corrected chi connectivity index (χ3v) is 2.93. The van der Waals surface area contributed by atoms with E-state index in [0.29, 0.717) is 16.7 Å². The Kier molecular flexibility index (Phi) is 5.55. The molecule has 0 atom stereocenters. The minimum absolute atomic E-state index is 0.115. The Bertz CT molecular complexity index is 657. The van der Waals surface area contributed by atoms with Gasteiger partial charge in [0.2, 0.25) is 0 Å². The molecule has 0 aliphatic carbocycles. The lowest BCUT2D eigenvalue weighted by molar-refractivity contribution is 0.128. The standard InChI is InChI=1S/C16H14F3NO2/c17-7-8-22-20-16(12-3-1-11(10-21)2-4-12)13-5-6-14(18)15(19)9-13/h1-6,9,21H,7-8,10H2/b20-16-. The van der Waals surface area contributed by atoms with E-state index in [0.717, 1.165) is 12.1 Å². The topological polar surface area (TPSA) is 41.8 Å². The number of benzene rings is 2. The molecule has 3 nitrogen and oxygen atoms in total. The Morgan fingerprint density at radius 3 is 2.27 bits per heavy atom. The zero-order chi connectivity index (χ0) is 15.9. The highest BCUT2D eigenvalue weighted by Crippen LogP contribution is 2.16. The van der Waals surface area contributed by atoms with Crippen molar-refractivity contribution in [3.8, 4) is 0 Å². The van der Waals surface area contributed by atoms with Crippen LogP contribution in [0, 0.1) is 11.6 Å². The van der Waals surface area contributed by atoms with Crippen LogP contribution in [-0.4, -0.2) is 24.1 Å². The molecule has 6 heteroatoms. The van der Waals surface area contributed by atoms with Gasteiger partial charge in [-0.25, -0.2) is 13.2 Å². The molecule has 22 heavy (non-hydrogen) atoms. The van der Waals surface area contributed by atoms with Gasteiger partial charge in [-0.2, -0.15) is 0 Å². The van der Waals surface area contributed by atoms with Crippen molar-refractivity contribution >= 4 is 5.71 Å². The van der Waals surface area contributed by atoms with E-state index in [1.54, 1.807) is 24.3 Å². The van der Waals surface area contributed by atoms with E-state index in [9.17, 15) is 13.2 Å². The Labute approximate surface area is 125 Å². The highest BCUT2D eigenvalue weighted by molar-refractivity contribution is 6.12. The molecule has 0 fully saturated rings. The highest BCUT2D eigenvalue weighted by Gasteiger charge is 2.11. The van der Waals surface area contributed by atoms with Gasteiger partial charge >= 0.3 is 0 Å². The Morgan fingerprint density at radius 2 is 1.68 bits per heavy atom. The molecule has 0 radical (unpaired) electrons. The summed E-state index contributed by atoms with van der Waals surface area (Å²) >= 11 is 0. The average molecular weight is 309 g/mol. The van der Waals surface area contributed by atoms with Crippen molar-refractivity contribution in [1.29, 1.82) is 0 Å². The van der Waals surface area contributed by atoms with Crippen molar-refractivity contribution in [2.24, 2.45) is 5.16 Å². The molecular formula is C16H14F3NO2. The van der Waals surface area contributed by atoms with E-state index in [1.165, 1.54) is 6.07 Å². The molecule has 2 rings (SSSR count). The number of rotatable bonds is 6. The van der Waals surface area contributed by atoms with Crippen LogP contribution < -0.4 is 0 Å². The van der Waals surface area contributed by atoms with Gasteiger partial charge in [-0.05, 0) is 23.8 Å². The molecule has 0 aromatic heterocycles. The molecule has 0 bridgehead atoms. The van der Waals surface area contributed by atoms with E-state index in [4.69, 9.17) is 9.94 Å². The van der Waals surface area contributed by atoms with Gasteiger partial charge in [0.05, 0.1) is 6.61 Å². The average Bonchev–Trinajstić information content (AvgIpc) is 2.55. The molecule has 0 spiro atoms. The lowest BCUT2D eigenvalue weighted by Crippen LogP contribution is -2.06. The number of hydrogen-bond acceptors (Lipinski definition) is 3. The molecule has 0 aliphatic heterocycles. The number of aliphatic hydroxyl groups excluding tert-OH is 1. The minimum Gasteiger partial charge on any atom is -0.392 e. The number of hydrogen-bond donors (Lipinski definition) is 1. The normalized spacial score (nSPS) is 11.5. The quantitative estimate of drug-likeness (QED) is 0.506. The van der Waals surface area contributed by atoms with Gasteiger partial charge in [-0.15, -0.1) is 0 Å². The zero-order valence-electron chi connectivity index (χ0n) is 11.6. The minimum atomic E-state index is -1.01. The maximum Gasteiger partial charge on any atom is 0.159 e. The first-order chi connectivity index (χ1) is 10.7. The van der Waals surface area contributed by atoms with Crippen molar-refractivity contribution in [3.63, 3.8) is 0 Å². The number of oxime groups is 1. The molecule has 0 amide bonds. The molecule has 1 N–H and O–H groups in total. The second-order valence-corrected chi connectivity index (χ2v) is 4.45. The molecule has 0 heterocycles. The van der Waals surface area contributed by atoms with Gasteiger partial charge in [0.1, 0.15) is 19.0 Å². The van der Waals surface area contributed by atoms with Crippen LogP contribution in [0.3, 0.4) is 0 Å². The first-order valence-electron chi connectivity index (χ1n) is 6.57. The molecule has 2 aromatic rings. The molecule has 2 aromatic carbocycles. The fourth-order valence-electron chi connectivity index (χ4n) is 1.83. The predicted molar refractivity (Wildman–Crippen MR) is 76.3 cm³/mol. The predicted octanol–water partition coefficient (Wildman–Crippen LogP) is 3.20. The fraction of sp³-hybridized carbons (Fsp3) is 0.188. The van der Waals surface area contributed by atoms with Gasteiger partial charge in [0.25, 0.3) is 0 Å². The Morgan fingerprint density at radius 1 is 1.00 bits per heavy atom. The van der Waals surface area contributed by atoms with Crippen molar-refractivity contribution < 1.29 is 23.1 Å². The third kappa shape index (κ3) is 3.85. The van der Waals surface area contributed by atoms with Crippen molar-refractivity contribution in [2.45, 2.75) is 6.61 Å². The lowest BCUT2D eigenvalue weighted by Gasteiger charge is -2.08. The summed E-state index contributed by atoms with van der Waals surface area (Å²) in [5.74, 6) is -1.98. The number of halogens is 3. The Balaban J connectivity index is 2.40. The summed E-state index contributed by atoms with van der Waals surface area (Å²) in [6.07, 6.45) is 0. The second kappa shape index (κ2) is 7.61. The smallest absolute Gasteiger partial charge is 0.159 e. The molecule has 0 unspecified atom stereocenters. The summed E-state index contributed by atoms with van der Waals surface area (Å²) in [6, 6.07) is 9.98. The van der Waals surface area contributed by atoms with Gasteiger partial charge < -0.3 is 9.94 Å². The van der Waals surface area contributed by atoms with Crippen LogP contribution in [0.15, 0.2) is 47.6 Å². The Hall–Kier alpha value is -2.34. The van der Waals surface area contributed by atoms with Crippen molar-refractivity contribution in [1.82, 2.24) is 0 Å². The van der Waals surface area contributed by atoms with E-state index in [2.05, 4.69) is 5.16 Å². The highest BCUT2D eigenvalue weighted by atomic mass is 19.2. The van der Waals surface area contributed by atoms with Gasteiger partial charge in [0, 0.05) is 11.1 Å². The van der Waals surface area contributed by atoms with Crippen LogP contribution in [0.1, 0.15) is 16.7 Å². The molecule has 116 valence electrons. The maximum absolute atomic E-state index is 13.4. The van der Waals surface area contributed by atoms with Crippen LogP contribution >= 0.6 is 0 Å². The fourth-order valence-corrected chi connectivity index (χ4v) is 1.83. The number of nitrogens with zero attached hydrogens (tertiary/aromatic N) is 1. The van der Waals surface area contributed by atoms with Crippen LogP contribution in [0.5, 0.6) is 0 Å². The summed E-state index contributed by atoms with van der Waals surface area (Å²) in [5.41, 5.74) is 1.81. The van der Waals surface area contributed by atoms with Crippen LogP contribution in [0.2, 0.25) is 0 Å². The summed E-state index contributed by atoms with van der Waals surface area (Å²) in [4.78, 5) is 4.83. The molecule has 0 aliphatic rings. The van der Waals surface area contributed by atoms with Gasteiger partial charge in [0.15, 0.2) is 11.6 Å². The largest absolute Gasteiger partial charge is 0.392 e. The lowest BCUT2D eigenvalue weighted by atomic mass is 10.0. The summed E-state index contributed by atoms with van der Waals surface area (Å²) in [6.45, 7) is -1.06. The van der Waals surface area contributed by atoms with Crippen LogP contribution in [0.25, 0.3) is 0 Å². The van der Waals surface area contributed by atoms with E-state index >= 15 is 0 Å². The van der Waals surface area contributed by atoms with Gasteiger partial charge in [-0.3, -0.25) is 0 Å². The second-order valence-electron chi connectivity index (χ2n) is 4.45. The maximum atomic E-state index is 13.4. The monoisotopic (exact) mass is 309 g/mol. The molecular weight excluding hydrogens is 295 g/mol. The number of alkyl halides is 1. The third-order valence-electron chi connectivity index (χ3n) is 2.93. The van der Waals surface area contributed by atoms with Crippen molar-refractivity contribution in [3.05, 3.63) is 70.8 Å². The zero-order valence-corrected chi connectivity index (χ0v) is 11.6.